The van der Waals surface area contributed by atoms with Crippen molar-refractivity contribution in [3.63, 3.8) is 0 Å². The molecule has 4 rings (SSSR count). The van der Waals surface area contributed by atoms with Gasteiger partial charge in [-0.15, -0.1) is 0 Å². The number of ether oxygens (including phenoxy) is 1. The molecule has 1 aromatic rings. The van der Waals surface area contributed by atoms with Crippen LogP contribution < -0.4 is 4.74 Å². The number of benzene rings is 1. The normalized spacial score (nSPS) is 36.8. The quantitative estimate of drug-likeness (QED) is 0.699. The van der Waals surface area contributed by atoms with Crippen molar-refractivity contribution in [2.24, 2.45) is 22.7 Å². The van der Waals surface area contributed by atoms with Crippen LogP contribution in [0.25, 0.3) is 0 Å². The zero-order valence-electron chi connectivity index (χ0n) is 17.2. The summed E-state index contributed by atoms with van der Waals surface area (Å²) in [6.45, 7) is 11.2. The minimum Gasteiger partial charge on any atom is -0.507 e. The van der Waals surface area contributed by atoms with E-state index in [0.717, 1.165) is 6.42 Å². The van der Waals surface area contributed by atoms with Crippen LogP contribution in [0.2, 0.25) is 0 Å². The molecule has 0 amide bonds. The third-order valence-electron chi connectivity index (χ3n) is 8.27. The largest absolute Gasteiger partial charge is 0.507 e. The lowest BCUT2D eigenvalue weighted by Crippen LogP contribution is -2.61. The molecular weight excluding hydrogens is 340 g/mol. The monoisotopic (exact) mass is 372 g/mol. The van der Waals surface area contributed by atoms with Crippen LogP contribution in [0.4, 0.5) is 0 Å². The van der Waals surface area contributed by atoms with E-state index in [9.17, 15) is 15.0 Å². The molecule has 27 heavy (non-hydrogen) atoms. The molecule has 0 radical (unpaired) electrons. The second-order valence-corrected chi connectivity index (χ2v) is 10.3. The van der Waals surface area contributed by atoms with Crippen LogP contribution in [0.3, 0.4) is 0 Å². The van der Waals surface area contributed by atoms with E-state index in [-0.39, 0.29) is 28.2 Å². The third kappa shape index (κ3) is 2.51. The van der Waals surface area contributed by atoms with Gasteiger partial charge in [-0.2, -0.15) is 0 Å². The van der Waals surface area contributed by atoms with Gasteiger partial charge in [-0.05, 0) is 74.3 Å². The highest BCUT2D eigenvalue weighted by Crippen LogP contribution is 2.65. The highest BCUT2D eigenvalue weighted by molar-refractivity contribution is 5.93. The zero-order chi connectivity index (χ0) is 19.8. The first kappa shape index (κ1) is 18.6. The molecule has 148 valence electrons. The van der Waals surface area contributed by atoms with Crippen molar-refractivity contribution in [1.29, 1.82) is 0 Å². The van der Waals surface area contributed by atoms with Crippen LogP contribution in [0.1, 0.15) is 81.3 Å². The molecule has 2 N–H and O–H groups in total. The number of carboxylic acid groups (broad SMARTS) is 1. The second-order valence-electron chi connectivity index (χ2n) is 10.3. The Labute approximate surface area is 161 Å². The maximum Gasteiger partial charge on any atom is 0.339 e. The van der Waals surface area contributed by atoms with E-state index < -0.39 is 5.97 Å². The van der Waals surface area contributed by atoms with Crippen LogP contribution in [0, 0.1) is 29.6 Å². The Morgan fingerprint density at radius 1 is 1.15 bits per heavy atom. The van der Waals surface area contributed by atoms with Gasteiger partial charge in [0.25, 0.3) is 0 Å². The van der Waals surface area contributed by atoms with Crippen molar-refractivity contribution in [3.05, 3.63) is 22.8 Å². The van der Waals surface area contributed by atoms with Gasteiger partial charge >= 0.3 is 5.97 Å². The molecule has 4 atom stereocenters. The summed E-state index contributed by atoms with van der Waals surface area (Å²) in [5, 5.41) is 20.3. The van der Waals surface area contributed by atoms with Gasteiger partial charge in [0, 0.05) is 11.5 Å². The smallest absolute Gasteiger partial charge is 0.339 e. The van der Waals surface area contributed by atoms with E-state index in [0.29, 0.717) is 34.6 Å². The lowest BCUT2D eigenvalue weighted by molar-refractivity contribution is -0.162. The van der Waals surface area contributed by atoms with Gasteiger partial charge in [0.2, 0.25) is 0 Å². The number of rotatable bonds is 1. The van der Waals surface area contributed by atoms with Gasteiger partial charge in [-0.1, -0.05) is 27.2 Å². The molecule has 2 fully saturated rings. The number of carbonyl (C=O) groups is 1. The van der Waals surface area contributed by atoms with Crippen molar-refractivity contribution in [3.8, 4) is 11.5 Å². The van der Waals surface area contributed by atoms with Crippen LogP contribution in [0.15, 0.2) is 6.07 Å². The average molecular weight is 373 g/mol. The number of aromatic carboxylic acids is 1. The fraction of sp³-hybridized carbons (Fsp3) is 0.696. The Kier molecular flexibility index (Phi) is 3.90. The number of phenols is 1. The number of carboxylic acids is 1. The van der Waals surface area contributed by atoms with E-state index in [2.05, 4.69) is 27.7 Å². The minimum atomic E-state index is -1.08. The fourth-order valence-corrected chi connectivity index (χ4v) is 7.00. The predicted molar refractivity (Wildman–Crippen MR) is 104 cm³/mol. The third-order valence-corrected chi connectivity index (χ3v) is 8.27. The molecule has 3 aliphatic rings. The van der Waals surface area contributed by atoms with Crippen molar-refractivity contribution in [2.45, 2.75) is 78.7 Å². The maximum absolute atomic E-state index is 11.6. The highest BCUT2D eigenvalue weighted by atomic mass is 16.5. The fourth-order valence-electron chi connectivity index (χ4n) is 7.00. The molecule has 1 aliphatic heterocycles. The Morgan fingerprint density at radius 3 is 2.52 bits per heavy atom. The lowest BCUT2D eigenvalue weighted by Gasteiger charge is -2.63. The number of aryl methyl sites for hydroxylation is 1. The second kappa shape index (κ2) is 5.65. The topological polar surface area (TPSA) is 66.8 Å². The molecular formula is C23H32O4. The van der Waals surface area contributed by atoms with E-state index in [1.807, 2.05) is 0 Å². The molecule has 1 heterocycles. The van der Waals surface area contributed by atoms with Gasteiger partial charge < -0.3 is 14.9 Å². The SMILES string of the molecule is Cc1cc2c(c(O)c1C(=O)O)C[C@H]1[C@@](C)(CCC3C(C)(C)CCC[C@@]31C)O2. The van der Waals surface area contributed by atoms with Crippen LogP contribution in [-0.2, 0) is 6.42 Å². The summed E-state index contributed by atoms with van der Waals surface area (Å²) in [7, 11) is 0. The number of aromatic hydroxyl groups is 1. The zero-order valence-corrected chi connectivity index (χ0v) is 17.2. The van der Waals surface area contributed by atoms with Crippen molar-refractivity contribution in [2.75, 3.05) is 0 Å². The van der Waals surface area contributed by atoms with Crippen LogP contribution in [0.5, 0.6) is 11.5 Å². The summed E-state index contributed by atoms with van der Waals surface area (Å²) in [6.07, 6.45) is 6.55. The van der Waals surface area contributed by atoms with Crippen molar-refractivity contribution >= 4 is 5.97 Å². The molecule has 1 aromatic carbocycles. The summed E-state index contributed by atoms with van der Waals surface area (Å²) in [6, 6.07) is 1.80. The summed E-state index contributed by atoms with van der Waals surface area (Å²) in [5.41, 5.74) is 1.46. The van der Waals surface area contributed by atoms with Crippen LogP contribution in [-0.4, -0.2) is 21.8 Å². The number of fused-ring (bicyclic) bond motifs is 4. The molecule has 0 spiro atoms. The Balaban J connectivity index is 1.83. The van der Waals surface area contributed by atoms with Gasteiger partial charge in [-0.3, -0.25) is 0 Å². The van der Waals surface area contributed by atoms with E-state index >= 15 is 0 Å². The van der Waals surface area contributed by atoms with E-state index in [1.165, 1.54) is 25.7 Å². The van der Waals surface area contributed by atoms with Crippen molar-refractivity contribution < 1.29 is 19.7 Å². The molecule has 4 heteroatoms. The van der Waals surface area contributed by atoms with Gasteiger partial charge in [0.15, 0.2) is 0 Å². The molecule has 0 saturated heterocycles. The van der Waals surface area contributed by atoms with Crippen LogP contribution >= 0.6 is 0 Å². The molecule has 0 bridgehead atoms. The standard InChI is InChI=1S/C23H32O4/c1-13-11-15-14(19(24)18(13)20(25)26)12-17-22(4)9-6-8-21(2,3)16(22)7-10-23(17,5)27-15/h11,16-17,24H,6-10,12H2,1-5H3,(H,25,26)/t16?,17-,22+,23-/m1/s1. The van der Waals surface area contributed by atoms with Gasteiger partial charge in [-0.25, -0.2) is 4.79 Å². The summed E-state index contributed by atoms with van der Waals surface area (Å²) < 4.78 is 6.55. The number of hydrogen-bond acceptors (Lipinski definition) is 3. The maximum atomic E-state index is 11.6. The molecule has 1 unspecified atom stereocenters. The Hall–Kier alpha value is -1.71. The lowest BCUT2D eigenvalue weighted by atomic mass is 9.44. The Morgan fingerprint density at radius 2 is 1.85 bits per heavy atom. The molecule has 0 aromatic heterocycles. The van der Waals surface area contributed by atoms with E-state index in [4.69, 9.17) is 4.74 Å². The first-order valence-electron chi connectivity index (χ1n) is 10.3. The molecule has 4 nitrogen and oxygen atoms in total. The molecule has 2 aliphatic carbocycles. The molecule has 2 saturated carbocycles. The first-order valence-corrected chi connectivity index (χ1v) is 10.3. The number of hydrogen-bond donors (Lipinski definition) is 2. The average Bonchev–Trinajstić information content (AvgIpc) is 2.51. The summed E-state index contributed by atoms with van der Waals surface area (Å²) in [5.74, 6) is 0.415. The first-order chi connectivity index (χ1) is 12.5. The summed E-state index contributed by atoms with van der Waals surface area (Å²) in [4.78, 5) is 11.6. The summed E-state index contributed by atoms with van der Waals surface area (Å²) >= 11 is 0. The van der Waals surface area contributed by atoms with Gasteiger partial charge in [0.1, 0.15) is 22.7 Å². The predicted octanol–water partition coefficient (Wildman–Crippen LogP) is 5.34. The van der Waals surface area contributed by atoms with E-state index in [1.54, 1.807) is 13.0 Å². The minimum absolute atomic E-state index is 0.0161. The Bertz CT molecular complexity index is 811. The van der Waals surface area contributed by atoms with Gasteiger partial charge in [0.05, 0.1) is 0 Å². The van der Waals surface area contributed by atoms with Crippen molar-refractivity contribution in [1.82, 2.24) is 0 Å². The highest BCUT2D eigenvalue weighted by Gasteiger charge is 2.60.